The van der Waals surface area contributed by atoms with Gasteiger partial charge in [0.15, 0.2) is 0 Å². The Morgan fingerprint density at radius 3 is 2.64 bits per heavy atom. The topological polar surface area (TPSA) is 58.9 Å². The lowest BCUT2D eigenvalue weighted by molar-refractivity contribution is 1.13. The molecule has 0 amide bonds. The first-order valence-electron chi connectivity index (χ1n) is 2.76. The summed E-state index contributed by atoms with van der Waals surface area (Å²) in [6.07, 6.45) is 0. The Balaban J connectivity index is 0.000001000. The van der Waals surface area contributed by atoms with Gasteiger partial charge in [-0.05, 0) is 28.9 Å². The Labute approximate surface area is 78.5 Å². The van der Waals surface area contributed by atoms with Crippen LogP contribution in [-0.2, 0) is 0 Å². The van der Waals surface area contributed by atoms with Crippen LogP contribution in [0.2, 0.25) is 0 Å². The molecule has 0 saturated carbocycles. The number of nitrogen functional groups attached to an aromatic ring is 1. The van der Waals surface area contributed by atoms with E-state index in [9.17, 15) is 4.79 Å². The maximum atomic E-state index is 10.8. The Hall–Kier alpha value is -0.480. The van der Waals surface area contributed by atoms with Crippen molar-refractivity contribution in [2.75, 3.05) is 5.73 Å². The standard InChI is InChI=1S/C6H7BrN2O.ClH/c1-3-5(8)2-4(7)6(10)9-3;/h2H,8H2,1H3,(H,9,10);1H. The number of hydrogen-bond donors (Lipinski definition) is 2. The molecule has 3 N–H and O–H groups in total. The molecule has 0 atom stereocenters. The number of aryl methyl sites for hydroxylation is 1. The summed E-state index contributed by atoms with van der Waals surface area (Å²) in [5.74, 6) is 0. The fraction of sp³-hybridized carbons (Fsp3) is 0.167. The van der Waals surface area contributed by atoms with Crippen molar-refractivity contribution in [2.45, 2.75) is 6.92 Å². The summed E-state index contributed by atoms with van der Waals surface area (Å²) in [5.41, 5.74) is 6.63. The number of pyridine rings is 1. The first-order valence-corrected chi connectivity index (χ1v) is 3.55. The van der Waals surface area contributed by atoms with Crippen molar-refractivity contribution >= 4 is 34.0 Å². The summed E-state index contributed by atoms with van der Waals surface area (Å²) in [4.78, 5) is 13.4. The lowest BCUT2D eigenvalue weighted by Crippen LogP contribution is -2.09. The number of anilines is 1. The number of nitrogens with two attached hydrogens (primary N) is 1. The van der Waals surface area contributed by atoms with E-state index >= 15 is 0 Å². The van der Waals surface area contributed by atoms with Crippen LogP contribution in [0.5, 0.6) is 0 Å². The van der Waals surface area contributed by atoms with Gasteiger partial charge in [0.05, 0.1) is 10.2 Å². The highest BCUT2D eigenvalue weighted by Gasteiger charge is 1.97. The molecule has 1 heterocycles. The third kappa shape index (κ3) is 2.24. The van der Waals surface area contributed by atoms with Crippen molar-refractivity contribution in [2.24, 2.45) is 0 Å². The zero-order chi connectivity index (χ0) is 7.72. The zero-order valence-corrected chi connectivity index (χ0v) is 8.25. The molecule has 0 radical (unpaired) electrons. The van der Waals surface area contributed by atoms with Gasteiger partial charge < -0.3 is 10.7 Å². The summed E-state index contributed by atoms with van der Waals surface area (Å²) in [5, 5.41) is 0. The van der Waals surface area contributed by atoms with Crippen molar-refractivity contribution < 1.29 is 0 Å². The van der Waals surface area contributed by atoms with Gasteiger partial charge in [-0.25, -0.2) is 0 Å². The number of aromatic amines is 1. The van der Waals surface area contributed by atoms with Crippen LogP contribution >= 0.6 is 28.3 Å². The second-order valence-corrected chi connectivity index (χ2v) is 2.88. The quantitative estimate of drug-likeness (QED) is 0.720. The molecule has 0 bridgehead atoms. The summed E-state index contributed by atoms with van der Waals surface area (Å²) in [6.45, 7) is 1.75. The van der Waals surface area contributed by atoms with Gasteiger partial charge in [0.2, 0.25) is 0 Å². The van der Waals surface area contributed by atoms with Gasteiger partial charge in [-0.3, -0.25) is 4.79 Å². The lowest BCUT2D eigenvalue weighted by Gasteiger charge is -1.97. The molecule has 3 nitrogen and oxygen atoms in total. The van der Waals surface area contributed by atoms with Crippen LogP contribution in [-0.4, -0.2) is 4.98 Å². The predicted molar refractivity (Wildman–Crippen MR) is 51.2 cm³/mol. The second-order valence-electron chi connectivity index (χ2n) is 2.03. The van der Waals surface area contributed by atoms with Crippen LogP contribution in [0, 0.1) is 6.92 Å². The lowest BCUT2D eigenvalue weighted by atomic mass is 10.3. The first-order chi connectivity index (χ1) is 4.61. The Kier molecular flexibility index (Phi) is 3.62. The maximum Gasteiger partial charge on any atom is 0.262 e. The summed E-state index contributed by atoms with van der Waals surface area (Å²) < 4.78 is 0.468. The molecule has 0 aliphatic rings. The van der Waals surface area contributed by atoms with Crippen LogP contribution in [0.4, 0.5) is 5.69 Å². The van der Waals surface area contributed by atoms with Gasteiger partial charge in [0.25, 0.3) is 5.56 Å². The Bertz CT molecular complexity index is 310. The predicted octanol–water partition coefficient (Wildman–Crippen LogP) is 1.45. The summed E-state index contributed by atoms with van der Waals surface area (Å²) >= 11 is 3.06. The van der Waals surface area contributed by atoms with Gasteiger partial charge >= 0.3 is 0 Å². The number of H-pyrrole nitrogens is 1. The average Bonchev–Trinajstić information content (AvgIpc) is 1.84. The number of rotatable bonds is 0. The van der Waals surface area contributed by atoms with Crippen LogP contribution < -0.4 is 11.3 Å². The molecule has 0 unspecified atom stereocenters. The minimum absolute atomic E-state index is 0. The summed E-state index contributed by atoms with van der Waals surface area (Å²) in [6, 6.07) is 1.59. The second kappa shape index (κ2) is 3.78. The highest BCUT2D eigenvalue weighted by Crippen LogP contribution is 2.09. The normalized spacial score (nSPS) is 8.91. The molecule has 0 aliphatic carbocycles. The van der Waals surface area contributed by atoms with Crippen molar-refractivity contribution in [1.29, 1.82) is 0 Å². The minimum atomic E-state index is -0.147. The molecule has 62 valence electrons. The van der Waals surface area contributed by atoms with Gasteiger partial charge in [0, 0.05) is 5.69 Å². The van der Waals surface area contributed by atoms with E-state index in [1.165, 1.54) is 0 Å². The van der Waals surface area contributed by atoms with Gasteiger partial charge in [0.1, 0.15) is 0 Å². The molecule has 0 aliphatic heterocycles. The fourth-order valence-electron chi connectivity index (χ4n) is 0.612. The smallest absolute Gasteiger partial charge is 0.262 e. The molecule has 0 spiro atoms. The van der Waals surface area contributed by atoms with E-state index in [-0.39, 0.29) is 18.0 Å². The van der Waals surface area contributed by atoms with Gasteiger partial charge in [-0.1, -0.05) is 0 Å². The number of aromatic nitrogens is 1. The molecule has 0 saturated heterocycles. The molecule has 0 aromatic carbocycles. The third-order valence-corrected chi connectivity index (χ3v) is 1.82. The van der Waals surface area contributed by atoms with Crippen LogP contribution in [0.15, 0.2) is 15.3 Å². The monoisotopic (exact) mass is 238 g/mol. The van der Waals surface area contributed by atoms with Crippen LogP contribution in [0.25, 0.3) is 0 Å². The highest BCUT2D eigenvalue weighted by atomic mass is 79.9. The maximum absolute atomic E-state index is 10.8. The molecule has 5 heteroatoms. The van der Waals surface area contributed by atoms with Crippen molar-refractivity contribution in [1.82, 2.24) is 4.98 Å². The molecule has 1 aromatic heterocycles. The highest BCUT2D eigenvalue weighted by molar-refractivity contribution is 9.10. The van der Waals surface area contributed by atoms with E-state index in [1.807, 2.05) is 0 Å². The molecular formula is C6H8BrClN2O. The largest absolute Gasteiger partial charge is 0.397 e. The zero-order valence-electron chi connectivity index (χ0n) is 5.85. The van der Waals surface area contributed by atoms with E-state index in [0.29, 0.717) is 15.9 Å². The van der Waals surface area contributed by atoms with Crippen LogP contribution in [0.1, 0.15) is 5.69 Å². The Morgan fingerprint density at radius 1 is 1.64 bits per heavy atom. The third-order valence-electron chi connectivity index (χ3n) is 1.23. The van der Waals surface area contributed by atoms with Crippen LogP contribution in [0.3, 0.4) is 0 Å². The number of halogens is 2. The minimum Gasteiger partial charge on any atom is -0.397 e. The molecule has 1 rings (SSSR count). The summed E-state index contributed by atoms with van der Waals surface area (Å²) in [7, 11) is 0. The average molecular weight is 240 g/mol. The van der Waals surface area contributed by atoms with E-state index < -0.39 is 0 Å². The SMILES string of the molecule is Cc1[nH]c(=O)c(Br)cc1N.Cl. The fourth-order valence-corrected chi connectivity index (χ4v) is 0.958. The van der Waals surface area contributed by atoms with Gasteiger partial charge in [-0.2, -0.15) is 0 Å². The molecule has 0 fully saturated rings. The molecule has 1 aromatic rings. The van der Waals surface area contributed by atoms with E-state index in [0.717, 1.165) is 0 Å². The van der Waals surface area contributed by atoms with E-state index in [1.54, 1.807) is 13.0 Å². The van der Waals surface area contributed by atoms with E-state index in [2.05, 4.69) is 20.9 Å². The first kappa shape index (κ1) is 10.5. The molecular weight excluding hydrogens is 231 g/mol. The Morgan fingerprint density at radius 2 is 2.18 bits per heavy atom. The van der Waals surface area contributed by atoms with Gasteiger partial charge in [-0.15, -0.1) is 12.4 Å². The van der Waals surface area contributed by atoms with E-state index in [4.69, 9.17) is 5.73 Å². The van der Waals surface area contributed by atoms with Crippen molar-refractivity contribution in [3.63, 3.8) is 0 Å². The molecule has 11 heavy (non-hydrogen) atoms. The van der Waals surface area contributed by atoms with Crippen molar-refractivity contribution in [3.05, 3.63) is 26.6 Å². The van der Waals surface area contributed by atoms with Crippen molar-refractivity contribution in [3.8, 4) is 0 Å². The number of hydrogen-bond acceptors (Lipinski definition) is 2. The number of nitrogens with one attached hydrogen (secondary N) is 1.